The second-order valence-electron chi connectivity index (χ2n) is 6.17. The second kappa shape index (κ2) is 13.1. The third-order valence-corrected chi connectivity index (χ3v) is 3.79. The Morgan fingerprint density at radius 3 is 2.14 bits per heavy atom. The van der Waals surface area contributed by atoms with Gasteiger partial charge in [0.15, 0.2) is 0 Å². The van der Waals surface area contributed by atoms with Crippen molar-refractivity contribution in [3.8, 4) is 0 Å². The summed E-state index contributed by atoms with van der Waals surface area (Å²) in [5.41, 5.74) is -0.951. The van der Waals surface area contributed by atoms with Crippen molar-refractivity contribution in [2.75, 3.05) is 13.2 Å². The van der Waals surface area contributed by atoms with Crippen molar-refractivity contribution in [2.24, 2.45) is 0 Å². The number of hydrogen-bond acceptors (Lipinski definition) is 4. The molecule has 4 heteroatoms. The first-order valence-electron chi connectivity index (χ1n) is 8.50. The van der Waals surface area contributed by atoms with Crippen LogP contribution in [-0.4, -0.2) is 35.0 Å². The fourth-order valence-electron chi connectivity index (χ4n) is 2.23. The normalized spacial score (nSPS) is 13.9. The second-order valence-corrected chi connectivity index (χ2v) is 6.17. The standard InChI is InChI=1S/C17H34O4/c1-3-4-5-6-7-8-9-10-11-16(19)21-15-13-17(2,20)12-14-18/h18,20H,3-15H2,1-2H3. The lowest BCUT2D eigenvalue weighted by atomic mass is 9.99. The molecular formula is C17H34O4. The van der Waals surface area contributed by atoms with Crippen molar-refractivity contribution in [1.82, 2.24) is 0 Å². The molecule has 0 bridgehead atoms. The summed E-state index contributed by atoms with van der Waals surface area (Å²) in [4.78, 5) is 11.5. The Kier molecular flexibility index (Phi) is 12.7. The Labute approximate surface area is 129 Å². The summed E-state index contributed by atoms with van der Waals surface area (Å²) < 4.78 is 5.10. The van der Waals surface area contributed by atoms with Gasteiger partial charge < -0.3 is 14.9 Å². The van der Waals surface area contributed by atoms with E-state index in [0.717, 1.165) is 12.8 Å². The molecule has 0 aromatic heterocycles. The van der Waals surface area contributed by atoms with Gasteiger partial charge in [-0.3, -0.25) is 4.79 Å². The van der Waals surface area contributed by atoms with Crippen molar-refractivity contribution >= 4 is 5.97 Å². The number of aliphatic hydroxyl groups excluding tert-OH is 1. The zero-order chi connectivity index (χ0) is 16.0. The fraction of sp³-hybridized carbons (Fsp3) is 0.941. The van der Waals surface area contributed by atoms with E-state index in [-0.39, 0.29) is 19.2 Å². The molecule has 4 nitrogen and oxygen atoms in total. The molecule has 1 atom stereocenters. The summed E-state index contributed by atoms with van der Waals surface area (Å²) in [6.45, 7) is 4.03. The lowest BCUT2D eigenvalue weighted by molar-refractivity contribution is -0.145. The molecule has 1 unspecified atom stereocenters. The topological polar surface area (TPSA) is 66.8 Å². The zero-order valence-electron chi connectivity index (χ0n) is 13.9. The Balaban J connectivity index is 3.39. The third kappa shape index (κ3) is 14.1. The van der Waals surface area contributed by atoms with E-state index < -0.39 is 5.60 Å². The van der Waals surface area contributed by atoms with E-state index in [9.17, 15) is 9.90 Å². The van der Waals surface area contributed by atoms with E-state index in [1.807, 2.05) is 0 Å². The maximum Gasteiger partial charge on any atom is 0.305 e. The first-order chi connectivity index (χ1) is 10.0. The van der Waals surface area contributed by atoms with Crippen molar-refractivity contribution in [1.29, 1.82) is 0 Å². The van der Waals surface area contributed by atoms with Gasteiger partial charge in [0.1, 0.15) is 0 Å². The highest BCUT2D eigenvalue weighted by molar-refractivity contribution is 5.69. The van der Waals surface area contributed by atoms with E-state index in [0.29, 0.717) is 19.3 Å². The zero-order valence-corrected chi connectivity index (χ0v) is 13.9. The van der Waals surface area contributed by atoms with Gasteiger partial charge in [0, 0.05) is 19.4 Å². The summed E-state index contributed by atoms with van der Waals surface area (Å²) in [5.74, 6) is -0.180. The van der Waals surface area contributed by atoms with Crippen LogP contribution in [0.3, 0.4) is 0 Å². The molecule has 0 aliphatic rings. The molecule has 126 valence electrons. The average molecular weight is 302 g/mol. The molecule has 0 saturated heterocycles. The summed E-state index contributed by atoms with van der Waals surface area (Å²) in [6, 6.07) is 0. The minimum Gasteiger partial charge on any atom is -0.466 e. The first-order valence-corrected chi connectivity index (χ1v) is 8.50. The molecule has 0 aliphatic carbocycles. The minimum absolute atomic E-state index is 0.0563. The van der Waals surface area contributed by atoms with Crippen LogP contribution < -0.4 is 0 Å². The molecule has 0 spiro atoms. The molecule has 0 aliphatic heterocycles. The van der Waals surface area contributed by atoms with Crippen LogP contribution in [-0.2, 0) is 9.53 Å². The number of unbranched alkanes of at least 4 members (excludes halogenated alkanes) is 7. The fourth-order valence-corrected chi connectivity index (χ4v) is 2.23. The molecule has 0 heterocycles. The largest absolute Gasteiger partial charge is 0.466 e. The van der Waals surface area contributed by atoms with Crippen LogP contribution in [0.4, 0.5) is 0 Å². The Bertz CT molecular complexity index is 251. The van der Waals surface area contributed by atoms with E-state index >= 15 is 0 Å². The van der Waals surface area contributed by atoms with Crippen LogP contribution in [0.25, 0.3) is 0 Å². The lowest BCUT2D eigenvalue weighted by Gasteiger charge is -2.21. The van der Waals surface area contributed by atoms with Crippen molar-refractivity contribution in [3.05, 3.63) is 0 Å². The SMILES string of the molecule is CCCCCCCCCCC(=O)OCCC(C)(O)CCO. The van der Waals surface area contributed by atoms with E-state index in [2.05, 4.69) is 6.92 Å². The Morgan fingerprint density at radius 1 is 1.00 bits per heavy atom. The van der Waals surface area contributed by atoms with Gasteiger partial charge in [-0.25, -0.2) is 0 Å². The maximum atomic E-state index is 11.5. The van der Waals surface area contributed by atoms with Crippen LogP contribution in [0.1, 0.15) is 84.5 Å². The van der Waals surface area contributed by atoms with Gasteiger partial charge in [0.05, 0.1) is 12.2 Å². The number of carbonyl (C=O) groups excluding carboxylic acids is 1. The van der Waals surface area contributed by atoms with E-state index in [4.69, 9.17) is 9.84 Å². The Hall–Kier alpha value is -0.610. The number of hydrogen-bond donors (Lipinski definition) is 2. The van der Waals surface area contributed by atoms with E-state index in [1.165, 1.54) is 38.5 Å². The first kappa shape index (κ1) is 20.4. The van der Waals surface area contributed by atoms with E-state index in [1.54, 1.807) is 6.92 Å². The summed E-state index contributed by atoms with van der Waals surface area (Å²) >= 11 is 0. The molecule has 2 N–H and O–H groups in total. The van der Waals surface area contributed by atoms with Crippen LogP contribution in [0, 0.1) is 0 Å². The minimum atomic E-state index is -0.951. The summed E-state index contributed by atoms with van der Waals surface area (Å²) in [5, 5.41) is 18.6. The average Bonchev–Trinajstić information content (AvgIpc) is 2.41. The molecule has 0 rings (SSSR count). The number of rotatable bonds is 14. The number of aliphatic hydroxyl groups is 2. The van der Waals surface area contributed by atoms with Gasteiger partial charge in [-0.1, -0.05) is 51.9 Å². The highest BCUT2D eigenvalue weighted by Crippen LogP contribution is 2.14. The highest BCUT2D eigenvalue weighted by Gasteiger charge is 2.19. The predicted octanol–water partition coefficient (Wildman–Crippen LogP) is 3.58. The molecular weight excluding hydrogens is 268 g/mol. The molecule has 0 aromatic carbocycles. The monoisotopic (exact) mass is 302 g/mol. The van der Waals surface area contributed by atoms with Gasteiger partial charge in [-0.05, 0) is 19.8 Å². The van der Waals surface area contributed by atoms with Gasteiger partial charge in [-0.2, -0.15) is 0 Å². The highest BCUT2D eigenvalue weighted by atomic mass is 16.5. The van der Waals surface area contributed by atoms with Crippen molar-refractivity contribution in [2.45, 2.75) is 90.1 Å². The van der Waals surface area contributed by atoms with Crippen molar-refractivity contribution < 1.29 is 19.7 Å². The quantitative estimate of drug-likeness (QED) is 0.380. The molecule has 21 heavy (non-hydrogen) atoms. The Morgan fingerprint density at radius 2 is 1.57 bits per heavy atom. The number of esters is 1. The molecule has 0 saturated carbocycles. The molecule has 0 aromatic rings. The number of ether oxygens (including phenoxy) is 1. The molecule has 0 amide bonds. The maximum absolute atomic E-state index is 11.5. The predicted molar refractivity (Wildman–Crippen MR) is 85.1 cm³/mol. The number of carbonyl (C=O) groups is 1. The summed E-state index contributed by atoms with van der Waals surface area (Å²) in [7, 11) is 0. The van der Waals surface area contributed by atoms with Crippen molar-refractivity contribution in [3.63, 3.8) is 0 Å². The molecule has 0 radical (unpaired) electrons. The van der Waals surface area contributed by atoms with Gasteiger partial charge in [-0.15, -0.1) is 0 Å². The molecule has 0 fully saturated rings. The van der Waals surface area contributed by atoms with Crippen LogP contribution in [0.5, 0.6) is 0 Å². The van der Waals surface area contributed by atoms with Gasteiger partial charge in [0.25, 0.3) is 0 Å². The van der Waals surface area contributed by atoms with Crippen LogP contribution in [0.15, 0.2) is 0 Å². The summed E-state index contributed by atoms with van der Waals surface area (Å²) in [6.07, 6.45) is 10.8. The van der Waals surface area contributed by atoms with Crippen LogP contribution >= 0.6 is 0 Å². The van der Waals surface area contributed by atoms with Gasteiger partial charge in [0.2, 0.25) is 0 Å². The smallest absolute Gasteiger partial charge is 0.305 e. The third-order valence-electron chi connectivity index (χ3n) is 3.79. The van der Waals surface area contributed by atoms with Gasteiger partial charge >= 0.3 is 5.97 Å². The van der Waals surface area contributed by atoms with Crippen LogP contribution in [0.2, 0.25) is 0 Å². The lowest BCUT2D eigenvalue weighted by Crippen LogP contribution is -2.27.